The van der Waals surface area contributed by atoms with Crippen molar-refractivity contribution in [1.29, 1.82) is 0 Å². The van der Waals surface area contributed by atoms with Gasteiger partial charge < -0.3 is 5.73 Å². The summed E-state index contributed by atoms with van der Waals surface area (Å²) in [6.07, 6.45) is 2.84. The number of nitrogens with two attached hydrogens (primary N) is 1. The maximum Gasteiger partial charge on any atom is 0.0349 e. The van der Waals surface area contributed by atoms with Gasteiger partial charge in [-0.3, -0.25) is 4.99 Å². The molecule has 1 rings (SSSR count). The Morgan fingerprint density at radius 3 is 2.69 bits per heavy atom. The standard InChI is InChI=1S/C11H16N2/c1-4-10-8(2)9(7-13-3)5-6-11(10)12/h5-7H,4,12H2,1-3H3. The Balaban J connectivity index is 3.27. The molecule has 0 heterocycles. The zero-order chi connectivity index (χ0) is 9.84. The number of nitrogens with zero attached hydrogens (tertiary/aromatic N) is 1. The van der Waals surface area contributed by atoms with Crippen LogP contribution in [0.1, 0.15) is 23.6 Å². The number of aliphatic imine (C=N–C) groups is 1. The third-order valence-corrected chi connectivity index (χ3v) is 2.30. The van der Waals surface area contributed by atoms with Gasteiger partial charge in [-0.2, -0.15) is 0 Å². The molecule has 0 fully saturated rings. The van der Waals surface area contributed by atoms with Crippen LogP contribution in [0.4, 0.5) is 5.69 Å². The third-order valence-electron chi connectivity index (χ3n) is 2.30. The van der Waals surface area contributed by atoms with Crippen LogP contribution in [0.3, 0.4) is 0 Å². The molecule has 0 amide bonds. The highest BCUT2D eigenvalue weighted by Crippen LogP contribution is 2.19. The highest BCUT2D eigenvalue weighted by atomic mass is 14.6. The molecule has 0 atom stereocenters. The minimum absolute atomic E-state index is 0.883. The van der Waals surface area contributed by atoms with Gasteiger partial charge in [0.15, 0.2) is 0 Å². The molecule has 13 heavy (non-hydrogen) atoms. The van der Waals surface area contributed by atoms with Crippen LogP contribution in [0, 0.1) is 6.92 Å². The van der Waals surface area contributed by atoms with Crippen LogP contribution < -0.4 is 5.73 Å². The van der Waals surface area contributed by atoms with Crippen molar-refractivity contribution in [2.24, 2.45) is 4.99 Å². The van der Waals surface area contributed by atoms with E-state index >= 15 is 0 Å². The average molecular weight is 176 g/mol. The van der Waals surface area contributed by atoms with E-state index in [-0.39, 0.29) is 0 Å². The molecule has 0 aliphatic rings. The SMILES string of the molecule is CCc1c(N)ccc(C=NC)c1C. The van der Waals surface area contributed by atoms with Gasteiger partial charge in [0.25, 0.3) is 0 Å². The second-order valence-electron chi connectivity index (χ2n) is 3.09. The van der Waals surface area contributed by atoms with Crippen LogP contribution in [0.2, 0.25) is 0 Å². The monoisotopic (exact) mass is 176 g/mol. The fraction of sp³-hybridized carbons (Fsp3) is 0.364. The molecule has 2 heteroatoms. The Morgan fingerprint density at radius 2 is 2.15 bits per heavy atom. The Morgan fingerprint density at radius 1 is 1.46 bits per heavy atom. The van der Waals surface area contributed by atoms with Crippen molar-refractivity contribution in [3.8, 4) is 0 Å². The molecular weight excluding hydrogens is 160 g/mol. The fourth-order valence-electron chi connectivity index (χ4n) is 1.54. The predicted molar refractivity (Wildman–Crippen MR) is 58.5 cm³/mol. The van der Waals surface area contributed by atoms with E-state index < -0.39 is 0 Å². The zero-order valence-corrected chi connectivity index (χ0v) is 8.46. The van der Waals surface area contributed by atoms with Gasteiger partial charge in [-0.1, -0.05) is 13.0 Å². The molecule has 0 aliphatic carbocycles. The number of hydrogen-bond acceptors (Lipinski definition) is 2. The van der Waals surface area contributed by atoms with E-state index in [0.29, 0.717) is 0 Å². The lowest BCUT2D eigenvalue weighted by atomic mass is 9.99. The Hall–Kier alpha value is -1.31. The van der Waals surface area contributed by atoms with Crippen molar-refractivity contribution >= 4 is 11.9 Å². The molecule has 0 unspecified atom stereocenters. The van der Waals surface area contributed by atoms with Crippen LogP contribution in [0.15, 0.2) is 17.1 Å². The summed E-state index contributed by atoms with van der Waals surface area (Å²) in [6.45, 7) is 4.21. The molecule has 0 aliphatic heterocycles. The summed E-state index contributed by atoms with van der Waals surface area (Å²) in [4.78, 5) is 4.01. The molecule has 70 valence electrons. The third kappa shape index (κ3) is 1.89. The first-order valence-electron chi connectivity index (χ1n) is 4.50. The van der Waals surface area contributed by atoms with Gasteiger partial charge in [0.2, 0.25) is 0 Å². The minimum Gasteiger partial charge on any atom is -0.398 e. The molecule has 1 aromatic carbocycles. The van der Waals surface area contributed by atoms with Crippen LogP contribution in [0.25, 0.3) is 0 Å². The number of nitrogen functional groups attached to an aromatic ring is 1. The lowest BCUT2D eigenvalue weighted by Gasteiger charge is -2.09. The molecular formula is C11H16N2. The second-order valence-corrected chi connectivity index (χ2v) is 3.09. The van der Waals surface area contributed by atoms with Crippen molar-refractivity contribution in [3.63, 3.8) is 0 Å². The van der Waals surface area contributed by atoms with Crippen LogP contribution in [-0.4, -0.2) is 13.3 Å². The Bertz CT molecular complexity index is 327. The van der Waals surface area contributed by atoms with Crippen LogP contribution >= 0.6 is 0 Å². The average Bonchev–Trinajstić information content (AvgIpc) is 2.11. The van der Waals surface area contributed by atoms with Crippen LogP contribution in [-0.2, 0) is 6.42 Å². The minimum atomic E-state index is 0.883. The molecule has 1 aromatic rings. The zero-order valence-electron chi connectivity index (χ0n) is 8.46. The lowest BCUT2D eigenvalue weighted by molar-refractivity contribution is 1.11. The topological polar surface area (TPSA) is 38.4 Å². The number of anilines is 1. The first-order valence-corrected chi connectivity index (χ1v) is 4.50. The highest BCUT2D eigenvalue weighted by molar-refractivity contribution is 5.83. The van der Waals surface area contributed by atoms with E-state index in [1.807, 2.05) is 18.3 Å². The first kappa shape index (κ1) is 9.78. The van der Waals surface area contributed by atoms with Gasteiger partial charge in [0.1, 0.15) is 0 Å². The first-order chi connectivity index (χ1) is 6.20. The van der Waals surface area contributed by atoms with E-state index in [1.165, 1.54) is 11.1 Å². The lowest BCUT2D eigenvalue weighted by Crippen LogP contribution is -1.99. The summed E-state index contributed by atoms with van der Waals surface area (Å²) >= 11 is 0. The van der Waals surface area contributed by atoms with E-state index in [2.05, 4.69) is 18.8 Å². The predicted octanol–water partition coefficient (Wildman–Crippen LogP) is 2.19. The van der Waals surface area contributed by atoms with Crippen LogP contribution in [0.5, 0.6) is 0 Å². The maximum atomic E-state index is 5.85. The van der Waals surface area contributed by atoms with E-state index in [1.54, 1.807) is 7.05 Å². The smallest absolute Gasteiger partial charge is 0.0349 e. The summed E-state index contributed by atoms with van der Waals surface area (Å²) in [5, 5.41) is 0. The maximum absolute atomic E-state index is 5.85. The fourth-order valence-corrected chi connectivity index (χ4v) is 1.54. The van der Waals surface area contributed by atoms with Gasteiger partial charge in [0.05, 0.1) is 0 Å². The Kier molecular flexibility index (Phi) is 3.07. The normalized spacial score (nSPS) is 11.0. The number of rotatable bonds is 2. The molecule has 0 bridgehead atoms. The van der Waals surface area contributed by atoms with E-state index in [0.717, 1.165) is 17.7 Å². The molecule has 0 aromatic heterocycles. The molecule has 0 saturated carbocycles. The molecule has 0 radical (unpaired) electrons. The molecule has 0 spiro atoms. The molecule has 0 saturated heterocycles. The summed E-state index contributed by atoms with van der Waals surface area (Å²) in [6, 6.07) is 3.96. The number of benzene rings is 1. The molecule has 2 N–H and O–H groups in total. The van der Waals surface area contributed by atoms with Gasteiger partial charge >= 0.3 is 0 Å². The summed E-state index contributed by atoms with van der Waals surface area (Å²) in [5.41, 5.74) is 10.4. The summed E-state index contributed by atoms with van der Waals surface area (Å²) in [7, 11) is 1.78. The van der Waals surface area contributed by atoms with Gasteiger partial charge in [-0.15, -0.1) is 0 Å². The van der Waals surface area contributed by atoms with Crippen molar-refractivity contribution < 1.29 is 0 Å². The van der Waals surface area contributed by atoms with Crippen molar-refractivity contribution in [3.05, 3.63) is 28.8 Å². The summed E-state index contributed by atoms with van der Waals surface area (Å²) < 4.78 is 0. The second kappa shape index (κ2) is 4.08. The largest absolute Gasteiger partial charge is 0.398 e. The summed E-state index contributed by atoms with van der Waals surface area (Å²) in [5.74, 6) is 0. The van der Waals surface area contributed by atoms with Crippen molar-refractivity contribution in [2.75, 3.05) is 12.8 Å². The van der Waals surface area contributed by atoms with Crippen molar-refractivity contribution in [1.82, 2.24) is 0 Å². The quantitative estimate of drug-likeness (QED) is 0.544. The molecule has 2 nitrogen and oxygen atoms in total. The van der Waals surface area contributed by atoms with Gasteiger partial charge in [-0.25, -0.2) is 0 Å². The van der Waals surface area contributed by atoms with Gasteiger partial charge in [0, 0.05) is 18.9 Å². The van der Waals surface area contributed by atoms with E-state index in [9.17, 15) is 0 Å². The number of hydrogen-bond donors (Lipinski definition) is 1. The van der Waals surface area contributed by atoms with Gasteiger partial charge in [-0.05, 0) is 36.1 Å². The van der Waals surface area contributed by atoms with Crippen molar-refractivity contribution in [2.45, 2.75) is 20.3 Å². The Labute approximate surface area is 79.5 Å². The van der Waals surface area contributed by atoms with E-state index in [4.69, 9.17) is 5.73 Å². The highest BCUT2D eigenvalue weighted by Gasteiger charge is 2.03.